The number of hydrogen-bond donors (Lipinski definition) is 1. The Hall–Kier alpha value is -2.79. The van der Waals surface area contributed by atoms with Crippen molar-refractivity contribution < 1.29 is 14.3 Å². The van der Waals surface area contributed by atoms with Gasteiger partial charge in [-0.3, -0.25) is 4.79 Å². The number of nitriles is 1. The molecule has 3 aromatic rings. The van der Waals surface area contributed by atoms with Crippen molar-refractivity contribution in [3.8, 4) is 17.6 Å². The number of nitrogens with one attached hydrogen (secondary N) is 1. The van der Waals surface area contributed by atoms with Crippen LogP contribution in [0.25, 0.3) is 6.08 Å². The molecule has 0 saturated carbocycles. The van der Waals surface area contributed by atoms with E-state index in [1.54, 1.807) is 30.3 Å². The van der Waals surface area contributed by atoms with Crippen molar-refractivity contribution in [2.75, 3.05) is 12.4 Å². The van der Waals surface area contributed by atoms with Crippen LogP contribution in [0.4, 0.5) is 5.69 Å². The van der Waals surface area contributed by atoms with Gasteiger partial charge in [0.15, 0.2) is 11.5 Å². The van der Waals surface area contributed by atoms with Crippen LogP contribution in [-0.4, -0.2) is 13.0 Å². The molecule has 0 radical (unpaired) electrons. The molecule has 0 unspecified atom stereocenters. The lowest BCUT2D eigenvalue weighted by molar-refractivity contribution is -0.112. The Kier molecular flexibility index (Phi) is 8.34. The van der Waals surface area contributed by atoms with E-state index in [0.29, 0.717) is 34.4 Å². The summed E-state index contributed by atoms with van der Waals surface area (Å²) in [4.78, 5) is 12.5. The van der Waals surface area contributed by atoms with Gasteiger partial charge in [0.05, 0.1) is 12.1 Å². The summed E-state index contributed by atoms with van der Waals surface area (Å²) in [6.07, 6.45) is 1.44. The summed E-state index contributed by atoms with van der Waals surface area (Å²) in [6.45, 7) is 0.303. The van der Waals surface area contributed by atoms with Crippen molar-refractivity contribution in [1.82, 2.24) is 0 Å². The summed E-state index contributed by atoms with van der Waals surface area (Å²) in [5.41, 5.74) is 1.99. The van der Waals surface area contributed by atoms with Crippen LogP contribution in [0.5, 0.6) is 11.5 Å². The van der Waals surface area contributed by atoms with E-state index in [2.05, 4.69) is 37.2 Å². The van der Waals surface area contributed by atoms with E-state index in [4.69, 9.17) is 21.1 Å². The molecule has 0 aliphatic rings. The Bertz CT molecular complexity index is 1200. The van der Waals surface area contributed by atoms with Gasteiger partial charge in [0.1, 0.15) is 18.2 Å². The van der Waals surface area contributed by atoms with Crippen molar-refractivity contribution in [1.29, 1.82) is 5.26 Å². The predicted molar refractivity (Wildman–Crippen MR) is 133 cm³/mol. The number of ether oxygens (including phenoxy) is 2. The van der Waals surface area contributed by atoms with E-state index in [9.17, 15) is 10.1 Å². The Labute approximate surface area is 207 Å². The minimum absolute atomic E-state index is 0.0772. The summed E-state index contributed by atoms with van der Waals surface area (Å²) in [5.74, 6) is 0.244. The van der Waals surface area contributed by atoms with Crippen LogP contribution >= 0.6 is 43.5 Å². The lowest BCUT2D eigenvalue weighted by atomic mass is 10.1. The maximum atomic E-state index is 12.5. The Morgan fingerprint density at radius 2 is 1.88 bits per heavy atom. The quantitative estimate of drug-likeness (QED) is 0.243. The zero-order valence-electron chi connectivity index (χ0n) is 16.9. The molecule has 8 heteroatoms. The molecule has 0 aliphatic heterocycles. The molecule has 32 heavy (non-hydrogen) atoms. The molecule has 0 fully saturated rings. The number of carbonyl (C=O) groups is 1. The van der Waals surface area contributed by atoms with Gasteiger partial charge < -0.3 is 14.8 Å². The highest BCUT2D eigenvalue weighted by atomic mass is 79.9. The lowest BCUT2D eigenvalue weighted by Crippen LogP contribution is -2.13. The minimum atomic E-state index is -0.531. The molecular formula is C24H17Br2ClN2O3. The monoisotopic (exact) mass is 574 g/mol. The largest absolute Gasteiger partial charge is 0.493 e. The van der Waals surface area contributed by atoms with Crippen LogP contribution in [0.15, 0.2) is 75.2 Å². The van der Waals surface area contributed by atoms with Gasteiger partial charge in [-0.25, -0.2) is 0 Å². The maximum Gasteiger partial charge on any atom is 0.266 e. The fourth-order valence-electron chi connectivity index (χ4n) is 2.78. The van der Waals surface area contributed by atoms with Gasteiger partial charge in [0.25, 0.3) is 5.91 Å². The van der Waals surface area contributed by atoms with E-state index in [0.717, 1.165) is 14.5 Å². The van der Waals surface area contributed by atoms with Gasteiger partial charge >= 0.3 is 0 Å². The molecule has 3 aromatic carbocycles. The standard InChI is InChI=1S/C24H17Br2ClN2O3/c1-31-22-11-16(9-17(13-28)24(30)29-20-4-2-3-19(26)12-20)10-21(27)23(22)32-14-15-5-7-18(25)8-6-15/h2-12H,14H2,1H3,(H,29,30)/b17-9-. The summed E-state index contributed by atoms with van der Waals surface area (Å²) in [5, 5.41) is 12.5. The van der Waals surface area contributed by atoms with Crippen molar-refractivity contribution in [2.24, 2.45) is 0 Å². The Balaban J connectivity index is 1.81. The number of hydrogen-bond acceptors (Lipinski definition) is 4. The van der Waals surface area contributed by atoms with Gasteiger partial charge in [-0.05, 0) is 59.7 Å². The van der Waals surface area contributed by atoms with Gasteiger partial charge in [0.2, 0.25) is 0 Å². The Morgan fingerprint density at radius 3 is 2.53 bits per heavy atom. The molecule has 0 aliphatic carbocycles. The summed E-state index contributed by atoms with van der Waals surface area (Å²) >= 11 is 13.2. The molecule has 1 N–H and O–H groups in total. The Morgan fingerprint density at radius 1 is 1.12 bits per heavy atom. The first-order valence-electron chi connectivity index (χ1n) is 9.33. The fourth-order valence-corrected chi connectivity index (χ4v) is 3.72. The van der Waals surface area contributed by atoms with Gasteiger partial charge in [-0.2, -0.15) is 5.26 Å². The van der Waals surface area contributed by atoms with E-state index in [1.165, 1.54) is 13.2 Å². The third-order valence-electron chi connectivity index (χ3n) is 4.31. The number of halogens is 3. The minimum Gasteiger partial charge on any atom is -0.493 e. The molecule has 0 bridgehead atoms. The summed E-state index contributed by atoms with van der Waals surface area (Å²) in [7, 11) is 1.50. The number of carbonyl (C=O) groups excluding carboxylic acids is 1. The second-order valence-corrected chi connectivity index (χ2v) is 8.82. The molecule has 0 aromatic heterocycles. The number of anilines is 1. The molecule has 0 atom stereocenters. The van der Waals surface area contributed by atoms with Crippen LogP contribution in [0, 0.1) is 11.3 Å². The van der Waals surface area contributed by atoms with Crippen LogP contribution in [0.2, 0.25) is 5.02 Å². The normalized spacial score (nSPS) is 10.9. The highest BCUT2D eigenvalue weighted by Crippen LogP contribution is 2.37. The van der Waals surface area contributed by atoms with E-state index in [-0.39, 0.29) is 5.57 Å². The van der Waals surface area contributed by atoms with E-state index in [1.807, 2.05) is 36.4 Å². The molecule has 3 rings (SSSR count). The molecule has 162 valence electrons. The molecular weight excluding hydrogens is 560 g/mol. The smallest absolute Gasteiger partial charge is 0.266 e. The van der Waals surface area contributed by atoms with Crippen LogP contribution in [0.3, 0.4) is 0 Å². The molecule has 0 spiro atoms. The van der Waals surface area contributed by atoms with Gasteiger partial charge in [-0.15, -0.1) is 0 Å². The highest BCUT2D eigenvalue weighted by Gasteiger charge is 2.15. The maximum absolute atomic E-state index is 12.5. The molecule has 0 heterocycles. The van der Waals surface area contributed by atoms with Crippen LogP contribution in [0.1, 0.15) is 11.1 Å². The number of methoxy groups -OCH3 is 1. The first-order valence-corrected chi connectivity index (χ1v) is 11.3. The zero-order valence-corrected chi connectivity index (χ0v) is 20.8. The van der Waals surface area contributed by atoms with E-state index >= 15 is 0 Å². The second-order valence-electron chi connectivity index (χ2n) is 6.58. The topological polar surface area (TPSA) is 71.3 Å². The average Bonchev–Trinajstić information content (AvgIpc) is 2.77. The third kappa shape index (κ3) is 6.36. The van der Waals surface area contributed by atoms with Crippen LogP contribution in [-0.2, 0) is 11.4 Å². The highest BCUT2D eigenvalue weighted by molar-refractivity contribution is 9.10. The van der Waals surface area contributed by atoms with Crippen molar-refractivity contribution in [3.05, 3.63) is 91.3 Å². The van der Waals surface area contributed by atoms with E-state index < -0.39 is 5.91 Å². The number of benzene rings is 3. The summed E-state index contributed by atoms with van der Waals surface area (Å²) < 4.78 is 13.1. The number of rotatable bonds is 7. The predicted octanol–water partition coefficient (Wildman–Crippen LogP) is 7.00. The number of amides is 1. The number of nitrogens with zero attached hydrogens (tertiary/aromatic N) is 1. The van der Waals surface area contributed by atoms with Crippen molar-refractivity contribution >= 4 is 61.1 Å². The second kappa shape index (κ2) is 11.2. The van der Waals surface area contributed by atoms with Crippen molar-refractivity contribution in [3.63, 3.8) is 0 Å². The summed E-state index contributed by atoms with van der Waals surface area (Å²) in [6, 6.07) is 20.0. The van der Waals surface area contributed by atoms with Gasteiger partial charge in [-0.1, -0.05) is 61.7 Å². The van der Waals surface area contributed by atoms with Crippen LogP contribution < -0.4 is 14.8 Å². The van der Waals surface area contributed by atoms with Gasteiger partial charge in [0, 0.05) is 14.6 Å². The average molecular weight is 577 g/mol. The fraction of sp³-hybridized carbons (Fsp3) is 0.0833. The molecule has 0 saturated heterocycles. The van der Waals surface area contributed by atoms with Crippen molar-refractivity contribution in [2.45, 2.75) is 6.61 Å². The zero-order chi connectivity index (χ0) is 23.1. The first kappa shape index (κ1) is 23.9. The third-order valence-corrected chi connectivity index (χ3v) is 5.61. The molecule has 1 amide bonds. The molecule has 5 nitrogen and oxygen atoms in total. The SMILES string of the molecule is COc1cc(/C=C(/C#N)C(=O)Nc2cccc(Br)c2)cc(Cl)c1OCc1ccc(Br)cc1. The first-order chi connectivity index (χ1) is 15.4. The lowest BCUT2D eigenvalue weighted by Gasteiger charge is -2.14.